The monoisotopic (exact) mass is 439 g/mol. The number of carbonyl (C=O) groups is 2. The van der Waals surface area contributed by atoms with Crippen molar-refractivity contribution in [3.05, 3.63) is 56.7 Å². The molecule has 0 aliphatic rings. The van der Waals surface area contributed by atoms with Gasteiger partial charge in [0.1, 0.15) is 5.75 Å². The number of carboxylic acids is 1. The lowest BCUT2D eigenvalue weighted by Crippen LogP contribution is -2.14. The van der Waals surface area contributed by atoms with Crippen molar-refractivity contribution in [3.63, 3.8) is 0 Å². The van der Waals surface area contributed by atoms with E-state index in [1.54, 1.807) is 12.1 Å². The van der Waals surface area contributed by atoms with Crippen molar-refractivity contribution >= 4 is 40.2 Å². The number of halogens is 1. The van der Waals surface area contributed by atoms with Gasteiger partial charge in [0.15, 0.2) is 0 Å². The molecule has 0 aromatic heterocycles. The fourth-order valence-electron chi connectivity index (χ4n) is 2.30. The SMILES string of the molecule is CC(C)Cc1ccc(O)c(C(=O)Nc2ccc(C(=O)O)cc2I)c1. The van der Waals surface area contributed by atoms with E-state index in [0.29, 0.717) is 15.2 Å². The Morgan fingerprint density at radius 2 is 1.88 bits per heavy atom. The Kier molecular flexibility index (Phi) is 5.82. The Balaban J connectivity index is 2.25. The first kappa shape index (κ1) is 18.3. The van der Waals surface area contributed by atoms with E-state index >= 15 is 0 Å². The van der Waals surface area contributed by atoms with E-state index in [1.807, 2.05) is 22.6 Å². The molecule has 0 aliphatic heterocycles. The van der Waals surface area contributed by atoms with Crippen LogP contribution in [-0.2, 0) is 6.42 Å². The average Bonchev–Trinajstić information content (AvgIpc) is 2.50. The van der Waals surface area contributed by atoms with Crippen molar-refractivity contribution in [3.8, 4) is 5.75 Å². The largest absolute Gasteiger partial charge is 0.507 e. The summed E-state index contributed by atoms with van der Waals surface area (Å²) in [5.74, 6) is -1.10. The van der Waals surface area contributed by atoms with Crippen LogP contribution >= 0.6 is 22.6 Å². The van der Waals surface area contributed by atoms with E-state index in [0.717, 1.165) is 12.0 Å². The van der Waals surface area contributed by atoms with Crippen LogP contribution in [0.3, 0.4) is 0 Å². The zero-order valence-corrected chi connectivity index (χ0v) is 15.5. The maximum Gasteiger partial charge on any atom is 0.335 e. The van der Waals surface area contributed by atoms with Crippen LogP contribution in [0.15, 0.2) is 36.4 Å². The first-order valence-electron chi connectivity index (χ1n) is 7.44. The van der Waals surface area contributed by atoms with Gasteiger partial charge in [-0.1, -0.05) is 19.9 Å². The highest BCUT2D eigenvalue weighted by Crippen LogP contribution is 2.24. The standard InChI is InChI=1S/C18H18INO4/c1-10(2)7-11-3-6-16(21)13(8-11)17(22)20-15-5-4-12(18(23)24)9-14(15)19/h3-6,8-10,21H,7H2,1-2H3,(H,20,22)(H,23,24). The number of hydrogen-bond donors (Lipinski definition) is 3. The van der Waals surface area contributed by atoms with Crippen molar-refractivity contribution in [2.75, 3.05) is 5.32 Å². The number of aromatic hydroxyl groups is 1. The van der Waals surface area contributed by atoms with Crippen LogP contribution < -0.4 is 5.32 Å². The van der Waals surface area contributed by atoms with Crippen LogP contribution in [0.2, 0.25) is 0 Å². The van der Waals surface area contributed by atoms with Crippen LogP contribution in [0.5, 0.6) is 5.75 Å². The first-order valence-corrected chi connectivity index (χ1v) is 8.52. The van der Waals surface area contributed by atoms with Crippen molar-refractivity contribution in [2.45, 2.75) is 20.3 Å². The van der Waals surface area contributed by atoms with Gasteiger partial charge in [-0.3, -0.25) is 4.79 Å². The Morgan fingerprint density at radius 1 is 1.17 bits per heavy atom. The number of carboxylic acid groups (broad SMARTS) is 1. The summed E-state index contributed by atoms with van der Waals surface area (Å²) in [5, 5.41) is 21.7. The van der Waals surface area contributed by atoms with E-state index in [9.17, 15) is 14.7 Å². The third kappa shape index (κ3) is 4.47. The number of rotatable bonds is 5. The number of hydrogen-bond acceptors (Lipinski definition) is 3. The molecule has 126 valence electrons. The highest BCUT2D eigenvalue weighted by molar-refractivity contribution is 14.1. The van der Waals surface area contributed by atoms with Gasteiger partial charge in [-0.05, 0) is 70.8 Å². The maximum absolute atomic E-state index is 12.5. The molecule has 0 bridgehead atoms. The number of benzene rings is 2. The summed E-state index contributed by atoms with van der Waals surface area (Å²) in [6.45, 7) is 4.16. The molecule has 2 aromatic carbocycles. The van der Waals surface area contributed by atoms with Crippen molar-refractivity contribution in [1.29, 1.82) is 0 Å². The van der Waals surface area contributed by atoms with Gasteiger partial charge in [0.25, 0.3) is 5.91 Å². The summed E-state index contributed by atoms with van der Waals surface area (Å²) in [6, 6.07) is 9.45. The van der Waals surface area contributed by atoms with E-state index in [2.05, 4.69) is 19.2 Å². The molecule has 0 saturated carbocycles. The van der Waals surface area contributed by atoms with Gasteiger partial charge in [-0.15, -0.1) is 0 Å². The third-order valence-electron chi connectivity index (χ3n) is 3.41. The second-order valence-corrected chi connectivity index (χ2v) is 7.07. The highest BCUT2D eigenvalue weighted by atomic mass is 127. The second kappa shape index (κ2) is 7.65. The Bertz CT molecular complexity index is 787. The molecular formula is C18H18INO4. The molecule has 1 amide bonds. The quantitative estimate of drug-likeness (QED) is 0.612. The summed E-state index contributed by atoms with van der Waals surface area (Å²) in [4.78, 5) is 23.4. The lowest BCUT2D eigenvalue weighted by molar-refractivity contribution is 0.0696. The van der Waals surface area contributed by atoms with Crippen LogP contribution in [0, 0.1) is 9.49 Å². The van der Waals surface area contributed by atoms with E-state index in [-0.39, 0.29) is 16.9 Å². The lowest BCUT2D eigenvalue weighted by Gasteiger charge is -2.11. The zero-order chi connectivity index (χ0) is 17.9. The molecule has 3 N–H and O–H groups in total. The molecule has 0 saturated heterocycles. The van der Waals surface area contributed by atoms with Gasteiger partial charge in [-0.25, -0.2) is 4.79 Å². The number of anilines is 1. The van der Waals surface area contributed by atoms with Gasteiger partial charge in [-0.2, -0.15) is 0 Å². The molecular weight excluding hydrogens is 421 g/mol. The van der Waals surface area contributed by atoms with Gasteiger partial charge in [0, 0.05) is 3.57 Å². The normalized spacial score (nSPS) is 10.7. The van der Waals surface area contributed by atoms with Crippen LogP contribution in [-0.4, -0.2) is 22.1 Å². The number of amides is 1. The number of carbonyl (C=O) groups excluding carboxylic acids is 1. The summed E-state index contributed by atoms with van der Waals surface area (Å²) >= 11 is 1.96. The minimum atomic E-state index is -1.02. The predicted octanol–water partition coefficient (Wildman–Crippen LogP) is 4.15. The molecule has 0 atom stereocenters. The fourth-order valence-corrected chi connectivity index (χ4v) is 2.95. The number of phenols is 1. The van der Waals surface area contributed by atoms with Gasteiger partial charge >= 0.3 is 5.97 Å². The smallest absolute Gasteiger partial charge is 0.335 e. The maximum atomic E-state index is 12.5. The molecule has 0 unspecified atom stereocenters. The number of aromatic carboxylic acids is 1. The predicted molar refractivity (Wildman–Crippen MR) is 101 cm³/mol. The zero-order valence-electron chi connectivity index (χ0n) is 13.3. The molecule has 0 spiro atoms. The molecule has 2 aromatic rings. The molecule has 5 nitrogen and oxygen atoms in total. The minimum absolute atomic E-state index is 0.0860. The van der Waals surface area contributed by atoms with Crippen molar-refractivity contribution in [2.24, 2.45) is 5.92 Å². The highest BCUT2D eigenvalue weighted by Gasteiger charge is 2.15. The molecule has 2 rings (SSSR count). The summed E-state index contributed by atoms with van der Waals surface area (Å²) in [5.41, 5.74) is 1.83. The van der Waals surface area contributed by atoms with E-state index < -0.39 is 11.9 Å². The van der Waals surface area contributed by atoms with Crippen molar-refractivity contribution < 1.29 is 19.8 Å². The van der Waals surface area contributed by atoms with Crippen LogP contribution in [0.25, 0.3) is 0 Å². The Morgan fingerprint density at radius 3 is 2.46 bits per heavy atom. The molecule has 0 fully saturated rings. The minimum Gasteiger partial charge on any atom is -0.507 e. The number of nitrogens with one attached hydrogen (secondary N) is 1. The molecule has 0 heterocycles. The first-order chi connectivity index (χ1) is 11.3. The van der Waals surface area contributed by atoms with E-state index in [1.165, 1.54) is 24.3 Å². The van der Waals surface area contributed by atoms with E-state index in [4.69, 9.17) is 5.11 Å². The molecule has 6 heteroatoms. The summed E-state index contributed by atoms with van der Waals surface area (Å²) in [7, 11) is 0. The average molecular weight is 439 g/mol. The van der Waals surface area contributed by atoms with Gasteiger partial charge < -0.3 is 15.5 Å². The number of phenolic OH excluding ortho intramolecular Hbond substituents is 1. The third-order valence-corrected chi connectivity index (χ3v) is 4.31. The molecule has 24 heavy (non-hydrogen) atoms. The Hall–Kier alpha value is -2.09. The molecule has 0 aliphatic carbocycles. The molecule has 0 radical (unpaired) electrons. The van der Waals surface area contributed by atoms with Crippen molar-refractivity contribution in [1.82, 2.24) is 0 Å². The van der Waals surface area contributed by atoms with Gasteiger partial charge in [0.2, 0.25) is 0 Å². The fraction of sp³-hybridized carbons (Fsp3) is 0.222. The Labute approximate surface area is 153 Å². The second-order valence-electron chi connectivity index (χ2n) is 5.90. The topological polar surface area (TPSA) is 86.6 Å². The van der Waals surface area contributed by atoms with Gasteiger partial charge in [0.05, 0.1) is 16.8 Å². The van der Waals surface area contributed by atoms with Crippen LogP contribution in [0.4, 0.5) is 5.69 Å². The lowest BCUT2D eigenvalue weighted by atomic mass is 10.00. The summed E-state index contributed by atoms with van der Waals surface area (Å²) in [6.07, 6.45) is 0.811. The summed E-state index contributed by atoms with van der Waals surface area (Å²) < 4.78 is 0.610. The van der Waals surface area contributed by atoms with Crippen LogP contribution in [0.1, 0.15) is 40.1 Å².